The van der Waals surface area contributed by atoms with Crippen LogP contribution < -0.4 is 21.3 Å². The third kappa shape index (κ3) is 6.10. The summed E-state index contributed by atoms with van der Waals surface area (Å²) in [5.41, 5.74) is 0. The molecule has 1 fully saturated rings. The van der Waals surface area contributed by atoms with Crippen LogP contribution in [-0.4, -0.2) is 83.4 Å². The number of amides is 3. The van der Waals surface area contributed by atoms with Gasteiger partial charge in [-0.2, -0.15) is 0 Å². The first-order valence-corrected chi connectivity index (χ1v) is 7.44. The van der Waals surface area contributed by atoms with Gasteiger partial charge in [0, 0.05) is 0 Å². The molecular formula is C13H22N4O7. The fourth-order valence-corrected chi connectivity index (χ4v) is 2.13. The van der Waals surface area contributed by atoms with Crippen LogP contribution in [0, 0.1) is 0 Å². The van der Waals surface area contributed by atoms with E-state index < -0.39 is 61.6 Å². The van der Waals surface area contributed by atoms with Gasteiger partial charge in [0.15, 0.2) is 0 Å². The highest BCUT2D eigenvalue weighted by Gasteiger charge is 2.29. The summed E-state index contributed by atoms with van der Waals surface area (Å²) in [6.45, 7) is -1.45. The Labute approximate surface area is 137 Å². The number of hydrogen-bond acceptors (Lipinski definition) is 7. The van der Waals surface area contributed by atoms with Crippen molar-refractivity contribution in [1.29, 1.82) is 0 Å². The van der Waals surface area contributed by atoms with Gasteiger partial charge in [-0.05, 0) is 19.4 Å². The number of rotatable bonds is 9. The summed E-state index contributed by atoms with van der Waals surface area (Å²) in [5.74, 6) is -3.49. The molecule has 1 aliphatic heterocycles. The van der Waals surface area contributed by atoms with Crippen LogP contribution >= 0.6 is 0 Å². The third-order valence-corrected chi connectivity index (χ3v) is 3.42. The van der Waals surface area contributed by atoms with Crippen molar-refractivity contribution in [2.45, 2.75) is 31.0 Å². The van der Waals surface area contributed by atoms with E-state index in [1.54, 1.807) is 0 Å². The zero-order chi connectivity index (χ0) is 18.1. The maximum Gasteiger partial charge on any atom is 0.322 e. The molecule has 1 heterocycles. The summed E-state index contributed by atoms with van der Waals surface area (Å²) in [7, 11) is 0. The van der Waals surface area contributed by atoms with Crippen molar-refractivity contribution < 1.29 is 34.5 Å². The second-order valence-corrected chi connectivity index (χ2v) is 5.25. The largest absolute Gasteiger partial charge is 0.480 e. The molecule has 7 N–H and O–H groups in total. The summed E-state index contributed by atoms with van der Waals surface area (Å²) in [4.78, 5) is 46.0. The number of carboxylic acid groups (broad SMARTS) is 1. The van der Waals surface area contributed by atoms with Crippen LogP contribution in [0.15, 0.2) is 0 Å². The standard InChI is InChI=1S/C13H22N4O7/c18-5-8(11(22)15-4-10(20)21)16-13(24)9(6-19)17-12(23)7-2-1-3-14-7/h7-9,14,18-19H,1-6H2,(H,15,22)(H,16,24)(H,17,23)(H,20,21)/t7-,8-,9-/m0/s1. The lowest BCUT2D eigenvalue weighted by Crippen LogP contribution is -2.57. The molecule has 3 amide bonds. The van der Waals surface area contributed by atoms with E-state index in [-0.39, 0.29) is 0 Å². The second-order valence-electron chi connectivity index (χ2n) is 5.25. The molecule has 0 unspecified atom stereocenters. The molecule has 24 heavy (non-hydrogen) atoms. The molecule has 136 valence electrons. The van der Waals surface area contributed by atoms with Crippen LogP contribution in [0.5, 0.6) is 0 Å². The van der Waals surface area contributed by atoms with E-state index in [4.69, 9.17) is 10.2 Å². The number of hydrogen-bond donors (Lipinski definition) is 7. The van der Waals surface area contributed by atoms with Crippen LogP contribution in [0.1, 0.15) is 12.8 Å². The van der Waals surface area contributed by atoms with Gasteiger partial charge >= 0.3 is 5.97 Å². The highest BCUT2D eigenvalue weighted by Crippen LogP contribution is 2.05. The number of carbonyl (C=O) groups excluding carboxylic acids is 3. The molecule has 0 aromatic carbocycles. The molecule has 11 nitrogen and oxygen atoms in total. The molecule has 0 aromatic heterocycles. The lowest BCUT2D eigenvalue weighted by atomic mass is 10.2. The summed E-state index contributed by atoms with van der Waals surface area (Å²) < 4.78 is 0. The Bertz CT molecular complexity index is 479. The van der Waals surface area contributed by atoms with Crippen molar-refractivity contribution in [2.24, 2.45) is 0 Å². The maximum absolute atomic E-state index is 12.0. The smallest absolute Gasteiger partial charge is 0.322 e. The fourth-order valence-electron chi connectivity index (χ4n) is 2.13. The molecule has 1 saturated heterocycles. The van der Waals surface area contributed by atoms with Gasteiger partial charge in [-0.3, -0.25) is 19.2 Å². The lowest BCUT2D eigenvalue weighted by Gasteiger charge is -2.21. The molecule has 11 heteroatoms. The predicted octanol–water partition coefficient (Wildman–Crippen LogP) is -4.11. The molecule has 3 atom stereocenters. The van der Waals surface area contributed by atoms with E-state index in [9.17, 15) is 24.3 Å². The van der Waals surface area contributed by atoms with Crippen molar-refractivity contribution >= 4 is 23.7 Å². The van der Waals surface area contributed by atoms with Crippen molar-refractivity contribution in [3.05, 3.63) is 0 Å². The summed E-state index contributed by atoms with van der Waals surface area (Å²) in [6, 6.07) is -3.13. The Morgan fingerprint density at radius 3 is 2.17 bits per heavy atom. The highest BCUT2D eigenvalue weighted by atomic mass is 16.4. The first kappa shape index (κ1) is 19.8. The number of carboxylic acids is 1. The van der Waals surface area contributed by atoms with Crippen LogP contribution in [0.2, 0.25) is 0 Å². The topological polar surface area (TPSA) is 177 Å². The maximum atomic E-state index is 12.0. The third-order valence-electron chi connectivity index (χ3n) is 3.42. The molecule has 1 rings (SSSR count). The SMILES string of the molecule is O=C(O)CNC(=O)[C@H](CO)NC(=O)[C@H](CO)NC(=O)[C@@H]1CCCN1. The highest BCUT2D eigenvalue weighted by molar-refractivity contribution is 5.93. The number of aliphatic carboxylic acids is 1. The summed E-state index contributed by atoms with van der Waals surface area (Å²) in [6.07, 6.45) is 1.44. The van der Waals surface area contributed by atoms with Gasteiger partial charge in [-0.1, -0.05) is 0 Å². The average Bonchev–Trinajstić information content (AvgIpc) is 3.09. The molecule has 0 aliphatic carbocycles. The molecule has 1 aliphatic rings. The molecular weight excluding hydrogens is 324 g/mol. The Morgan fingerprint density at radius 1 is 1.04 bits per heavy atom. The van der Waals surface area contributed by atoms with E-state index in [0.717, 1.165) is 6.42 Å². The van der Waals surface area contributed by atoms with E-state index in [2.05, 4.69) is 16.0 Å². The van der Waals surface area contributed by atoms with E-state index >= 15 is 0 Å². The zero-order valence-electron chi connectivity index (χ0n) is 12.9. The monoisotopic (exact) mass is 346 g/mol. The minimum Gasteiger partial charge on any atom is -0.480 e. The Balaban J connectivity index is 2.55. The van der Waals surface area contributed by atoms with Gasteiger partial charge in [0.1, 0.15) is 18.6 Å². The normalized spacial score (nSPS) is 19.2. The minimum atomic E-state index is -1.40. The fraction of sp³-hybridized carbons (Fsp3) is 0.692. The summed E-state index contributed by atoms with van der Waals surface area (Å²) in [5, 5.41) is 36.3. The van der Waals surface area contributed by atoms with E-state index in [1.165, 1.54) is 0 Å². The van der Waals surface area contributed by atoms with Gasteiger partial charge in [0.25, 0.3) is 0 Å². The van der Waals surface area contributed by atoms with Gasteiger partial charge in [-0.25, -0.2) is 0 Å². The van der Waals surface area contributed by atoms with Gasteiger partial charge in [-0.15, -0.1) is 0 Å². The van der Waals surface area contributed by atoms with Crippen molar-refractivity contribution in [1.82, 2.24) is 21.3 Å². The van der Waals surface area contributed by atoms with Gasteiger partial charge < -0.3 is 36.6 Å². The quantitative estimate of drug-likeness (QED) is 0.220. The summed E-state index contributed by atoms with van der Waals surface area (Å²) >= 11 is 0. The Hall–Kier alpha value is -2.24. The van der Waals surface area contributed by atoms with Crippen molar-refractivity contribution in [3.8, 4) is 0 Å². The molecule has 0 bridgehead atoms. The van der Waals surface area contributed by atoms with E-state index in [1.807, 2.05) is 5.32 Å². The molecule has 0 aromatic rings. The van der Waals surface area contributed by atoms with E-state index in [0.29, 0.717) is 13.0 Å². The first-order chi connectivity index (χ1) is 11.4. The first-order valence-electron chi connectivity index (χ1n) is 7.44. The Morgan fingerprint density at radius 2 is 1.67 bits per heavy atom. The number of aliphatic hydroxyl groups excluding tert-OH is 2. The van der Waals surface area contributed by atoms with Crippen LogP contribution in [0.3, 0.4) is 0 Å². The van der Waals surface area contributed by atoms with Crippen LogP contribution in [-0.2, 0) is 19.2 Å². The Kier molecular flexibility index (Phi) is 8.09. The molecule has 0 radical (unpaired) electrons. The number of nitrogens with one attached hydrogen (secondary N) is 4. The second kappa shape index (κ2) is 9.80. The van der Waals surface area contributed by atoms with Crippen molar-refractivity contribution in [3.63, 3.8) is 0 Å². The predicted molar refractivity (Wildman–Crippen MR) is 79.7 cm³/mol. The average molecular weight is 346 g/mol. The molecule has 0 saturated carbocycles. The van der Waals surface area contributed by atoms with Crippen LogP contribution in [0.25, 0.3) is 0 Å². The van der Waals surface area contributed by atoms with Gasteiger partial charge in [0.05, 0.1) is 19.3 Å². The van der Waals surface area contributed by atoms with Crippen LogP contribution in [0.4, 0.5) is 0 Å². The lowest BCUT2D eigenvalue weighted by molar-refractivity contribution is -0.139. The number of aliphatic hydroxyl groups is 2. The zero-order valence-corrected chi connectivity index (χ0v) is 12.9. The number of carbonyl (C=O) groups is 4. The van der Waals surface area contributed by atoms with Crippen molar-refractivity contribution in [2.75, 3.05) is 26.3 Å². The van der Waals surface area contributed by atoms with Gasteiger partial charge in [0.2, 0.25) is 17.7 Å². The minimum absolute atomic E-state index is 0.445. The molecule has 0 spiro atoms.